The molecule has 134 valence electrons. The van der Waals surface area contributed by atoms with Gasteiger partial charge in [0.2, 0.25) is 5.91 Å². The third-order valence-corrected chi connectivity index (χ3v) is 4.95. The molecule has 0 aliphatic carbocycles. The summed E-state index contributed by atoms with van der Waals surface area (Å²) in [6.45, 7) is 1.04. The maximum Gasteiger partial charge on any atom is 0.264 e. The SMILES string of the molecule is Cn1ncc2c(=O)n(CCC(=O)N3CCCCc4ccccc43)cnc21. The van der Waals surface area contributed by atoms with Gasteiger partial charge in [-0.3, -0.25) is 18.8 Å². The summed E-state index contributed by atoms with van der Waals surface area (Å²) in [6, 6.07) is 8.08. The number of carbonyl (C=O) groups is 1. The van der Waals surface area contributed by atoms with Gasteiger partial charge in [0.1, 0.15) is 5.39 Å². The number of carbonyl (C=O) groups excluding carboxylic acids is 1. The molecule has 3 heterocycles. The molecule has 0 spiro atoms. The molecule has 3 aromatic rings. The molecule has 0 saturated carbocycles. The van der Waals surface area contributed by atoms with Crippen LogP contribution in [0, 0.1) is 0 Å². The highest BCUT2D eigenvalue weighted by molar-refractivity contribution is 5.94. The van der Waals surface area contributed by atoms with E-state index in [4.69, 9.17) is 0 Å². The predicted molar refractivity (Wildman–Crippen MR) is 99.1 cm³/mol. The van der Waals surface area contributed by atoms with Crippen molar-refractivity contribution in [3.8, 4) is 0 Å². The highest BCUT2D eigenvalue weighted by Gasteiger charge is 2.21. The first-order chi connectivity index (χ1) is 12.6. The maximum atomic E-state index is 12.8. The van der Waals surface area contributed by atoms with Gasteiger partial charge in [0, 0.05) is 32.2 Å². The summed E-state index contributed by atoms with van der Waals surface area (Å²) >= 11 is 0. The Morgan fingerprint density at radius 3 is 2.96 bits per heavy atom. The average Bonchev–Trinajstić information content (AvgIpc) is 2.90. The zero-order valence-corrected chi connectivity index (χ0v) is 14.8. The van der Waals surface area contributed by atoms with Crippen LogP contribution in [0.1, 0.15) is 24.8 Å². The summed E-state index contributed by atoms with van der Waals surface area (Å²) in [5.41, 5.74) is 2.61. The lowest BCUT2D eigenvalue weighted by Crippen LogP contribution is -2.33. The standard InChI is InChI=1S/C19H21N5O2/c1-22-18-15(12-21-22)19(26)23(13-20-18)11-9-17(25)24-10-5-4-7-14-6-2-3-8-16(14)24/h2-3,6,8,12-13H,4-5,7,9-11H2,1H3. The number of hydrogen-bond donors (Lipinski definition) is 0. The fourth-order valence-electron chi connectivity index (χ4n) is 3.53. The number of anilines is 1. The van der Waals surface area contributed by atoms with Gasteiger partial charge in [0.15, 0.2) is 5.65 Å². The molecule has 0 atom stereocenters. The number of para-hydroxylation sites is 1. The highest BCUT2D eigenvalue weighted by atomic mass is 16.2. The van der Waals surface area contributed by atoms with Gasteiger partial charge in [0.25, 0.3) is 5.56 Å². The highest BCUT2D eigenvalue weighted by Crippen LogP contribution is 2.26. The van der Waals surface area contributed by atoms with Crippen molar-refractivity contribution in [2.75, 3.05) is 11.4 Å². The van der Waals surface area contributed by atoms with E-state index in [9.17, 15) is 9.59 Å². The molecular formula is C19H21N5O2. The number of fused-ring (bicyclic) bond motifs is 2. The quantitative estimate of drug-likeness (QED) is 0.722. The molecule has 2 aromatic heterocycles. The van der Waals surface area contributed by atoms with Gasteiger partial charge in [-0.15, -0.1) is 0 Å². The zero-order valence-electron chi connectivity index (χ0n) is 14.8. The lowest BCUT2D eigenvalue weighted by molar-refractivity contribution is -0.118. The number of benzene rings is 1. The number of aromatic nitrogens is 4. The van der Waals surface area contributed by atoms with Gasteiger partial charge in [-0.1, -0.05) is 18.2 Å². The van der Waals surface area contributed by atoms with Crippen LogP contribution in [0.15, 0.2) is 41.6 Å². The number of hydrogen-bond acceptors (Lipinski definition) is 4. The monoisotopic (exact) mass is 351 g/mol. The number of aryl methyl sites for hydroxylation is 3. The van der Waals surface area contributed by atoms with Gasteiger partial charge < -0.3 is 4.90 Å². The van der Waals surface area contributed by atoms with Crippen molar-refractivity contribution >= 4 is 22.6 Å². The van der Waals surface area contributed by atoms with E-state index in [1.54, 1.807) is 11.7 Å². The molecule has 7 heteroatoms. The Morgan fingerprint density at radius 1 is 1.23 bits per heavy atom. The normalized spacial score (nSPS) is 14.3. The van der Waals surface area contributed by atoms with Crippen molar-refractivity contribution in [2.45, 2.75) is 32.2 Å². The lowest BCUT2D eigenvalue weighted by Gasteiger charge is -2.23. The Balaban J connectivity index is 1.54. The molecule has 1 aliphatic rings. The summed E-state index contributed by atoms with van der Waals surface area (Å²) in [4.78, 5) is 31.5. The van der Waals surface area contributed by atoms with Crippen molar-refractivity contribution in [2.24, 2.45) is 7.05 Å². The molecule has 0 N–H and O–H groups in total. The van der Waals surface area contributed by atoms with E-state index in [2.05, 4.69) is 16.1 Å². The second-order valence-corrected chi connectivity index (χ2v) is 6.63. The second kappa shape index (κ2) is 6.74. The summed E-state index contributed by atoms with van der Waals surface area (Å²) in [7, 11) is 1.75. The topological polar surface area (TPSA) is 73.0 Å². The van der Waals surface area contributed by atoms with Crippen molar-refractivity contribution in [1.29, 1.82) is 0 Å². The Hall–Kier alpha value is -2.96. The minimum absolute atomic E-state index is 0.0394. The zero-order chi connectivity index (χ0) is 18.1. The molecule has 0 saturated heterocycles. The Labute approximate surface area is 150 Å². The fraction of sp³-hybridized carbons (Fsp3) is 0.368. The smallest absolute Gasteiger partial charge is 0.264 e. The first-order valence-corrected chi connectivity index (χ1v) is 8.90. The van der Waals surface area contributed by atoms with Crippen LogP contribution in [-0.4, -0.2) is 31.8 Å². The van der Waals surface area contributed by atoms with Gasteiger partial charge in [-0.2, -0.15) is 5.10 Å². The summed E-state index contributed by atoms with van der Waals surface area (Å²) in [5, 5.41) is 4.54. The molecule has 0 unspecified atom stereocenters. The van der Waals surface area contributed by atoms with Crippen LogP contribution in [0.25, 0.3) is 11.0 Å². The van der Waals surface area contributed by atoms with Crippen LogP contribution in [0.2, 0.25) is 0 Å². The molecule has 0 fully saturated rings. The minimum atomic E-state index is -0.160. The number of amides is 1. The predicted octanol–water partition coefficient (Wildman–Crippen LogP) is 1.89. The summed E-state index contributed by atoms with van der Waals surface area (Å²) in [6.07, 6.45) is 6.36. The third kappa shape index (κ3) is 2.89. The molecule has 0 radical (unpaired) electrons. The molecule has 7 nitrogen and oxygen atoms in total. The fourth-order valence-corrected chi connectivity index (χ4v) is 3.53. The van der Waals surface area contributed by atoms with Crippen LogP contribution in [-0.2, 0) is 24.8 Å². The van der Waals surface area contributed by atoms with E-state index >= 15 is 0 Å². The van der Waals surface area contributed by atoms with E-state index in [1.807, 2.05) is 23.1 Å². The van der Waals surface area contributed by atoms with Gasteiger partial charge in [-0.05, 0) is 30.9 Å². The molecule has 1 aromatic carbocycles. The first kappa shape index (κ1) is 16.5. The average molecular weight is 351 g/mol. The molecule has 0 bridgehead atoms. The van der Waals surface area contributed by atoms with E-state index < -0.39 is 0 Å². The minimum Gasteiger partial charge on any atom is -0.312 e. The maximum absolute atomic E-state index is 12.8. The van der Waals surface area contributed by atoms with Gasteiger partial charge >= 0.3 is 0 Å². The Kier molecular flexibility index (Phi) is 4.28. The molecule has 26 heavy (non-hydrogen) atoms. The van der Waals surface area contributed by atoms with E-state index in [1.165, 1.54) is 22.7 Å². The number of nitrogens with zero attached hydrogens (tertiary/aromatic N) is 5. The largest absolute Gasteiger partial charge is 0.312 e. The Morgan fingerprint density at radius 2 is 2.08 bits per heavy atom. The van der Waals surface area contributed by atoms with E-state index in [-0.39, 0.29) is 17.9 Å². The molecule has 4 rings (SSSR count). The van der Waals surface area contributed by atoms with Crippen LogP contribution >= 0.6 is 0 Å². The van der Waals surface area contributed by atoms with Gasteiger partial charge in [-0.25, -0.2) is 4.98 Å². The third-order valence-electron chi connectivity index (χ3n) is 4.95. The second-order valence-electron chi connectivity index (χ2n) is 6.63. The van der Waals surface area contributed by atoms with Crippen molar-refractivity contribution in [3.05, 3.63) is 52.7 Å². The molecule has 1 amide bonds. The Bertz CT molecular complexity index is 1020. The van der Waals surface area contributed by atoms with E-state index in [0.29, 0.717) is 17.6 Å². The van der Waals surface area contributed by atoms with Crippen molar-refractivity contribution < 1.29 is 4.79 Å². The van der Waals surface area contributed by atoms with Crippen molar-refractivity contribution in [3.63, 3.8) is 0 Å². The summed E-state index contributed by atoms with van der Waals surface area (Å²) in [5.74, 6) is 0.0394. The lowest BCUT2D eigenvalue weighted by atomic mass is 10.1. The van der Waals surface area contributed by atoms with Gasteiger partial charge in [0.05, 0.1) is 12.5 Å². The molecular weight excluding hydrogens is 330 g/mol. The van der Waals surface area contributed by atoms with Crippen molar-refractivity contribution in [1.82, 2.24) is 19.3 Å². The summed E-state index contributed by atoms with van der Waals surface area (Å²) < 4.78 is 3.06. The van der Waals surface area contributed by atoms with Crippen LogP contribution in [0.5, 0.6) is 0 Å². The van der Waals surface area contributed by atoms with Crippen LogP contribution in [0.4, 0.5) is 5.69 Å². The number of rotatable bonds is 3. The van der Waals surface area contributed by atoms with E-state index in [0.717, 1.165) is 31.5 Å². The van der Waals surface area contributed by atoms with Crippen LogP contribution < -0.4 is 10.5 Å². The first-order valence-electron chi connectivity index (χ1n) is 8.90. The molecule has 1 aliphatic heterocycles. The van der Waals surface area contributed by atoms with Crippen LogP contribution in [0.3, 0.4) is 0 Å².